The molecule has 1 aliphatic rings. The van der Waals surface area contributed by atoms with Crippen LogP contribution in [0.5, 0.6) is 0 Å². The van der Waals surface area contributed by atoms with Gasteiger partial charge >= 0.3 is 0 Å². The molecule has 96 valence electrons. The van der Waals surface area contributed by atoms with E-state index in [1.165, 1.54) is 0 Å². The van der Waals surface area contributed by atoms with E-state index >= 15 is 0 Å². The van der Waals surface area contributed by atoms with Crippen LogP contribution in [0.2, 0.25) is 0 Å². The van der Waals surface area contributed by atoms with Gasteiger partial charge in [-0.1, -0.05) is 0 Å². The number of morpholine rings is 1. The number of hydrogen-bond donors (Lipinski definition) is 1. The summed E-state index contributed by atoms with van der Waals surface area (Å²) in [6.45, 7) is 8.36. The minimum atomic E-state index is 0.346. The molecule has 1 saturated heterocycles. The minimum Gasteiger partial charge on any atom is -0.382 e. The maximum Gasteiger partial charge on any atom is 0.145 e. The van der Waals surface area contributed by atoms with Gasteiger partial charge in [0.05, 0.1) is 12.2 Å². The molecular formula is C12H22N4O. The Balaban J connectivity index is 1.71. The van der Waals surface area contributed by atoms with Gasteiger partial charge in [-0.05, 0) is 26.3 Å². The zero-order valence-electron chi connectivity index (χ0n) is 10.7. The Morgan fingerprint density at radius 3 is 2.65 bits per heavy atom. The molecular weight excluding hydrogens is 216 g/mol. The van der Waals surface area contributed by atoms with Gasteiger partial charge < -0.3 is 10.5 Å². The van der Waals surface area contributed by atoms with Crippen molar-refractivity contribution in [1.82, 2.24) is 14.7 Å². The van der Waals surface area contributed by atoms with Crippen LogP contribution in [0.1, 0.15) is 20.3 Å². The molecule has 1 aromatic rings. The molecule has 0 aliphatic carbocycles. The second-order valence-electron chi connectivity index (χ2n) is 4.87. The number of hydrogen-bond acceptors (Lipinski definition) is 4. The van der Waals surface area contributed by atoms with Crippen LogP contribution < -0.4 is 5.73 Å². The quantitative estimate of drug-likeness (QED) is 0.849. The topological polar surface area (TPSA) is 56.3 Å². The largest absolute Gasteiger partial charge is 0.382 e. The maximum absolute atomic E-state index is 5.71. The van der Waals surface area contributed by atoms with Gasteiger partial charge in [-0.25, -0.2) is 0 Å². The summed E-state index contributed by atoms with van der Waals surface area (Å²) in [6.07, 6.45) is 3.72. The fraction of sp³-hybridized carbons (Fsp3) is 0.750. The molecule has 1 fully saturated rings. The third kappa shape index (κ3) is 3.71. The summed E-state index contributed by atoms with van der Waals surface area (Å²) in [6, 6.07) is 1.83. The lowest BCUT2D eigenvalue weighted by atomic mass is 10.2. The van der Waals surface area contributed by atoms with Gasteiger partial charge in [-0.3, -0.25) is 9.58 Å². The molecule has 0 bridgehead atoms. The third-order valence-electron chi connectivity index (χ3n) is 3.02. The number of nitrogens with two attached hydrogens (primary N) is 1. The van der Waals surface area contributed by atoms with Crippen molar-refractivity contribution in [3.05, 3.63) is 12.3 Å². The molecule has 0 spiro atoms. The van der Waals surface area contributed by atoms with Crippen LogP contribution in [0.4, 0.5) is 5.82 Å². The van der Waals surface area contributed by atoms with Gasteiger partial charge in [-0.2, -0.15) is 5.10 Å². The monoisotopic (exact) mass is 238 g/mol. The Hall–Kier alpha value is -1.07. The molecule has 2 unspecified atom stereocenters. The van der Waals surface area contributed by atoms with Crippen LogP contribution in [0.3, 0.4) is 0 Å². The third-order valence-corrected chi connectivity index (χ3v) is 3.02. The molecule has 0 aromatic carbocycles. The number of rotatable bonds is 4. The smallest absolute Gasteiger partial charge is 0.145 e. The maximum atomic E-state index is 5.71. The summed E-state index contributed by atoms with van der Waals surface area (Å²) >= 11 is 0. The van der Waals surface area contributed by atoms with E-state index in [0.717, 1.165) is 32.6 Å². The van der Waals surface area contributed by atoms with Gasteiger partial charge in [-0.15, -0.1) is 0 Å². The molecule has 0 amide bonds. The van der Waals surface area contributed by atoms with Crippen molar-refractivity contribution in [2.75, 3.05) is 25.4 Å². The zero-order chi connectivity index (χ0) is 12.3. The van der Waals surface area contributed by atoms with Crippen molar-refractivity contribution in [1.29, 1.82) is 0 Å². The molecule has 1 aliphatic heterocycles. The number of nitrogen functional groups attached to an aromatic ring is 1. The van der Waals surface area contributed by atoms with E-state index in [4.69, 9.17) is 10.5 Å². The van der Waals surface area contributed by atoms with Crippen LogP contribution in [-0.2, 0) is 11.3 Å². The van der Waals surface area contributed by atoms with E-state index in [1.54, 1.807) is 0 Å². The molecule has 5 nitrogen and oxygen atoms in total. The first-order valence-corrected chi connectivity index (χ1v) is 6.30. The van der Waals surface area contributed by atoms with Crippen LogP contribution in [0.25, 0.3) is 0 Å². The van der Waals surface area contributed by atoms with E-state index in [9.17, 15) is 0 Å². The van der Waals surface area contributed by atoms with Crippen LogP contribution in [-0.4, -0.2) is 46.5 Å². The van der Waals surface area contributed by atoms with Crippen molar-refractivity contribution < 1.29 is 4.74 Å². The first-order valence-electron chi connectivity index (χ1n) is 6.30. The Bertz CT molecular complexity index is 342. The summed E-state index contributed by atoms with van der Waals surface area (Å²) in [5, 5.41) is 4.17. The van der Waals surface area contributed by atoms with Gasteiger partial charge in [0.25, 0.3) is 0 Å². The summed E-state index contributed by atoms with van der Waals surface area (Å²) in [5.41, 5.74) is 5.57. The molecule has 2 atom stereocenters. The molecule has 17 heavy (non-hydrogen) atoms. The highest BCUT2D eigenvalue weighted by atomic mass is 16.5. The van der Waals surface area contributed by atoms with E-state index in [1.807, 2.05) is 16.9 Å². The van der Waals surface area contributed by atoms with Crippen molar-refractivity contribution in [3.8, 4) is 0 Å². The number of aromatic nitrogens is 2. The molecule has 0 radical (unpaired) electrons. The fourth-order valence-electron chi connectivity index (χ4n) is 2.43. The number of ether oxygens (including phenoxy) is 1. The average molecular weight is 238 g/mol. The van der Waals surface area contributed by atoms with E-state index < -0.39 is 0 Å². The van der Waals surface area contributed by atoms with Crippen molar-refractivity contribution >= 4 is 5.82 Å². The van der Waals surface area contributed by atoms with Crippen LogP contribution >= 0.6 is 0 Å². The van der Waals surface area contributed by atoms with Gasteiger partial charge in [0.2, 0.25) is 0 Å². The Labute approximate surface area is 103 Å². The van der Waals surface area contributed by atoms with E-state index in [2.05, 4.69) is 23.8 Å². The summed E-state index contributed by atoms with van der Waals surface area (Å²) in [5.74, 6) is 0.596. The second kappa shape index (κ2) is 5.51. The van der Waals surface area contributed by atoms with Crippen molar-refractivity contribution in [2.24, 2.45) is 0 Å². The lowest BCUT2D eigenvalue weighted by Crippen LogP contribution is -2.45. The number of aryl methyl sites for hydroxylation is 1. The number of nitrogens with zero attached hydrogens (tertiary/aromatic N) is 3. The first-order chi connectivity index (χ1) is 8.13. The normalized spacial score (nSPS) is 26.2. The van der Waals surface area contributed by atoms with E-state index in [0.29, 0.717) is 18.0 Å². The highest BCUT2D eigenvalue weighted by molar-refractivity contribution is 5.23. The molecule has 0 saturated carbocycles. The van der Waals surface area contributed by atoms with E-state index in [-0.39, 0.29) is 0 Å². The SMILES string of the molecule is CC1CN(CCCn2ccc(N)n2)CC(C)O1. The first kappa shape index (κ1) is 12.4. The highest BCUT2D eigenvalue weighted by Gasteiger charge is 2.21. The zero-order valence-corrected chi connectivity index (χ0v) is 10.7. The predicted octanol–water partition coefficient (Wildman–Crippen LogP) is 0.965. The summed E-state index contributed by atoms with van der Waals surface area (Å²) in [4.78, 5) is 2.46. The molecule has 1 aromatic heterocycles. The predicted molar refractivity (Wildman–Crippen MR) is 67.7 cm³/mol. The molecule has 2 N–H and O–H groups in total. The summed E-state index contributed by atoms with van der Waals surface area (Å²) in [7, 11) is 0. The van der Waals surface area contributed by atoms with Crippen molar-refractivity contribution in [2.45, 2.75) is 39.0 Å². The molecule has 2 rings (SSSR count). The molecule has 5 heteroatoms. The number of anilines is 1. The Kier molecular flexibility index (Phi) is 4.02. The molecule has 2 heterocycles. The van der Waals surface area contributed by atoms with Gasteiger partial charge in [0, 0.05) is 32.4 Å². The minimum absolute atomic E-state index is 0.346. The fourth-order valence-corrected chi connectivity index (χ4v) is 2.43. The van der Waals surface area contributed by atoms with Gasteiger partial charge in [0.15, 0.2) is 0 Å². The standard InChI is InChI=1S/C12H22N4O/c1-10-8-15(9-11(2)17-10)5-3-6-16-7-4-12(13)14-16/h4,7,10-11H,3,5-6,8-9H2,1-2H3,(H2,13,14). The van der Waals surface area contributed by atoms with Gasteiger partial charge in [0.1, 0.15) is 5.82 Å². The highest BCUT2D eigenvalue weighted by Crippen LogP contribution is 2.11. The lowest BCUT2D eigenvalue weighted by molar-refractivity contribution is -0.0683. The Morgan fingerprint density at radius 2 is 2.06 bits per heavy atom. The Morgan fingerprint density at radius 1 is 1.35 bits per heavy atom. The summed E-state index contributed by atoms with van der Waals surface area (Å²) < 4.78 is 7.61. The van der Waals surface area contributed by atoms with Crippen LogP contribution in [0, 0.1) is 0 Å². The average Bonchev–Trinajstić information content (AvgIpc) is 2.63. The lowest BCUT2D eigenvalue weighted by Gasteiger charge is -2.35. The van der Waals surface area contributed by atoms with Crippen LogP contribution in [0.15, 0.2) is 12.3 Å². The second-order valence-corrected chi connectivity index (χ2v) is 4.87. The van der Waals surface area contributed by atoms with Crippen molar-refractivity contribution in [3.63, 3.8) is 0 Å².